The summed E-state index contributed by atoms with van der Waals surface area (Å²) in [4.78, 5) is 0. The first kappa shape index (κ1) is 7.30. The van der Waals surface area contributed by atoms with Crippen molar-refractivity contribution in [2.75, 3.05) is 0 Å². The first-order valence-corrected chi connectivity index (χ1v) is 5.10. The lowest BCUT2D eigenvalue weighted by atomic mass is 10.0. The molecule has 0 bridgehead atoms. The molecule has 0 aromatic carbocycles. The molecule has 0 spiro atoms. The Bertz CT molecular complexity index is 238. The van der Waals surface area contributed by atoms with E-state index in [-0.39, 0.29) is 0 Å². The van der Waals surface area contributed by atoms with Gasteiger partial charge in [-0.15, -0.1) is 0 Å². The van der Waals surface area contributed by atoms with Crippen molar-refractivity contribution in [2.24, 2.45) is 0 Å². The van der Waals surface area contributed by atoms with E-state index >= 15 is 0 Å². The summed E-state index contributed by atoms with van der Waals surface area (Å²) in [7, 11) is 1.04. The second kappa shape index (κ2) is 2.94. The van der Waals surface area contributed by atoms with E-state index in [1.165, 1.54) is 37.1 Å². The van der Waals surface area contributed by atoms with Crippen molar-refractivity contribution in [2.45, 2.75) is 38.5 Å². The number of hydrogen-bond donors (Lipinski definition) is 1. The lowest BCUT2D eigenvalue weighted by Crippen LogP contribution is -1.94. The maximum Gasteiger partial charge on any atom is 0.129 e. The van der Waals surface area contributed by atoms with E-state index < -0.39 is 0 Å². The monoisotopic (exact) mass is 168 g/mol. The van der Waals surface area contributed by atoms with Crippen LogP contribution in [0.1, 0.15) is 43.0 Å². The molecule has 1 saturated carbocycles. The van der Waals surface area contributed by atoms with Gasteiger partial charge in [0.2, 0.25) is 0 Å². The molecule has 2 nitrogen and oxygen atoms in total. The van der Waals surface area contributed by atoms with E-state index in [1.54, 1.807) is 0 Å². The minimum Gasteiger partial charge on any atom is -0.325 e. The Morgan fingerprint density at radius 3 is 2.73 bits per heavy atom. The van der Waals surface area contributed by atoms with Gasteiger partial charge in [0.1, 0.15) is 8.51 Å². The molecule has 0 saturated heterocycles. The Morgan fingerprint density at radius 1 is 1.45 bits per heavy atom. The smallest absolute Gasteiger partial charge is 0.129 e. The average Bonchev–Trinajstić information content (AvgIpc) is 2.55. The van der Waals surface area contributed by atoms with Gasteiger partial charge in [0.05, 0.1) is 5.69 Å². The normalized spacial score (nSPS) is 20.1. The van der Waals surface area contributed by atoms with Crippen LogP contribution in [-0.2, 0) is 0 Å². The largest absolute Gasteiger partial charge is 0.325 e. The number of aromatic nitrogens is 2. The lowest BCUT2D eigenvalue weighted by Gasteiger charge is -2.04. The zero-order chi connectivity index (χ0) is 7.68. The van der Waals surface area contributed by atoms with Gasteiger partial charge in [0, 0.05) is 11.6 Å². The third kappa shape index (κ3) is 1.32. The predicted molar refractivity (Wildman–Crippen MR) is 47.0 cm³/mol. The summed E-state index contributed by atoms with van der Waals surface area (Å²) in [6, 6.07) is 0. The predicted octanol–water partition coefficient (Wildman–Crippen LogP) is 2.96. The van der Waals surface area contributed by atoms with E-state index in [2.05, 4.69) is 16.4 Å². The molecule has 1 fully saturated rings. The highest BCUT2D eigenvalue weighted by atomic mass is 31.1. The van der Waals surface area contributed by atoms with E-state index in [0.717, 1.165) is 14.4 Å². The Labute approximate surface area is 68.7 Å². The van der Waals surface area contributed by atoms with E-state index in [0.29, 0.717) is 0 Å². The van der Waals surface area contributed by atoms with Crippen LogP contribution in [0.2, 0.25) is 0 Å². The van der Waals surface area contributed by atoms with Crippen molar-refractivity contribution in [1.29, 1.82) is 0 Å². The Morgan fingerprint density at radius 2 is 2.18 bits per heavy atom. The highest BCUT2D eigenvalue weighted by Gasteiger charge is 2.20. The quantitative estimate of drug-likeness (QED) is 0.686. The molecule has 1 aromatic rings. The van der Waals surface area contributed by atoms with Gasteiger partial charge < -0.3 is 4.75 Å². The molecule has 0 aliphatic heterocycles. The van der Waals surface area contributed by atoms with Crippen molar-refractivity contribution in [3.63, 3.8) is 0 Å². The van der Waals surface area contributed by atoms with Crippen molar-refractivity contribution in [3.05, 3.63) is 11.4 Å². The van der Waals surface area contributed by atoms with E-state index in [9.17, 15) is 0 Å². The maximum absolute atomic E-state index is 4.44. The SMILES string of the molecule is Cc1[nH]pnc1C1CCCC1. The third-order valence-electron chi connectivity index (χ3n) is 2.50. The second-order valence-corrected chi connectivity index (χ2v) is 3.93. The standard InChI is InChI=1S/C8H13N2P/c1-6-8(10-11-9-6)7-4-2-3-5-7/h7H,2-5H2,1H3,(H,9,10). The number of nitrogens with one attached hydrogen (secondary N) is 1. The number of nitrogens with zero attached hydrogens (tertiary/aromatic N) is 1. The molecule has 3 heteroatoms. The van der Waals surface area contributed by atoms with Gasteiger partial charge in [-0.1, -0.05) is 12.8 Å². The van der Waals surface area contributed by atoms with Crippen LogP contribution in [-0.4, -0.2) is 9.49 Å². The minimum atomic E-state index is 0.775. The van der Waals surface area contributed by atoms with Crippen LogP contribution in [0.25, 0.3) is 0 Å². The molecular formula is C8H13N2P. The van der Waals surface area contributed by atoms with Gasteiger partial charge in [-0.05, 0) is 19.8 Å². The van der Waals surface area contributed by atoms with Gasteiger partial charge in [0.25, 0.3) is 0 Å². The van der Waals surface area contributed by atoms with Gasteiger partial charge in [0.15, 0.2) is 0 Å². The van der Waals surface area contributed by atoms with Crippen LogP contribution in [0.3, 0.4) is 0 Å². The summed E-state index contributed by atoms with van der Waals surface area (Å²) < 4.78 is 7.67. The van der Waals surface area contributed by atoms with Crippen LogP contribution >= 0.6 is 8.51 Å². The van der Waals surface area contributed by atoms with Crippen LogP contribution in [0.15, 0.2) is 0 Å². The average molecular weight is 168 g/mol. The highest BCUT2D eigenvalue weighted by Crippen LogP contribution is 2.34. The number of rotatable bonds is 1. The molecule has 11 heavy (non-hydrogen) atoms. The van der Waals surface area contributed by atoms with Gasteiger partial charge in [-0.2, -0.15) is 0 Å². The summed E-state index contributed by atoms with van der Waals surface area (Å²) >= 11 is 0. The molecule has 1 aliphatic carbocycles. The maximum atomic E-state index is 4.44. The fraction of sp³-hybridized carbons (Fsp3) is 0.750. The molecule has 0 amide bonds. The Kier molecular flexibility index (Phi) is 1.95. The molecule has 1 heterocycles. The molecule has 0 radical (unpaired) electrons. The van der Waals surface area contributed by atoms with Crippen LogP contribution in [0.4, 0.5) is 0 Å². The van der Waals surface area contributed by atoms with Gasteiger partial charge in [-0.3, -0.25) is 0 Å². The Balaban J connectivity index is 2.21. The van der Waals surface area contributed by atoms with Crippen LogP contribution < -0.4 is 0 Å². The number of aromatic amines is 1. The number of hydrogen-bond acceptors (Lipinski definition) is 1. The summed E-state index contributed by atoms with van der Waals surface area (Å²) in [6.45, 7) is 2.14. The number of aryl methyl sites for hydroxylation is 1. The molecule has 0 unspecified atom stereocenters. The first-order chi connectivity index (χ1) is 5.38. The Hall–Kier alpha value is -0.360. The molecule has 0 atom stereocenters. The topological polar surface area (TPSA) is 28.7 Å². The van der Waals surface area contributed by atoms with Crippen molar-refractivity contribution >= 4 is 8.51 Å². The third-order valence-corrected chi connectivity index (χ3v) is 3.25. The minimum absolute atomic E-state index is 0.775. The zero-order valence-electron chi connectivity index (χ0n) is 6.80. The fourth-order valence-electron chi connectivity index (χ4n) is 1.87. The highest BCUT2D eigenvalue weighted by molar-refractivity contribution is 7.20. The molecule has 2 rings (SSSR count). The summed E-state index contributed by atoms with van der Waals surface area (Å²) in [5.41, 5.74) is 2.66. The molecule has 60 valence electrons. The van der Waals surface area contributed by atoms with Crippen LogP contribution in [0.5, 0.6) is 0 Å². The van der Waals surface area contributed by atoms with E-state index in [4.69, 9.17) is 0 Å². The van der Waals surface area contributed by atoms with Crippen molar-refractivity contribution in [3.8, 4) is 0 Å². The van der Waals surface area contributed by atoms with Crippen molar-refractivity contribution < 1.29 is 0 Å². The van der Waals surface area contributed by atoms with Crippen molar-refractivity contribution in [1.82, 2.24) is 9.49 Å². The van der Waals surface area contributed by atoms with Gasteiger partial charge >= 0.3 is 0 Å². The fourth-order valence-corrected chi connectivity index (χ4v) is 2.61. The van der Waals surface area contributed by atoms with E-state index in [1.807, 2.05) is 0 Å². The molecule has 1 aliphatic rings. The number of H-pyrrole nitrogens is 1. The molecular weight excluding hydrogens is 155 g/mol. The second-order valence-electron chi connectivity index (χ2n) is 3.30. The van der Waals surface area contributed by atoms with Gasteiger partial charge in [-0.25, -0.2) is 4.75 Å². The molecule has 1 N–H and O–H groups in total. The summed E-state index contributed by atoms with van der Waals surface area (Å²) in [5, 5.41) is 0. The first-order valence-electron chi connectivity index (χ1n) is 4.25. The summed E-state index contributed by atoms with van der Waals surface area (Å²) in [5.74, 6) is 0.775. The van der Waals surface area contributed by atoms with Crippen LogP contribution in [0, 0.1) is 6.92 Å². The summed E-state index contributed by atoms with van der Waals surface area (Å²) in [6.07, 6.45) is 5.50. The zero-order valence-corrected chi connectivity index (χ0v) is 7.69. The molecule has 1 aromatic heterocycles. The lowest BCUT2D eigenvalue weighted by molar-refractivity contribution is 0.699.